The van der Waals surface area contributed by atoms with E-state index in [0.717, 1.165) is 73.2 Å². The quantitative estimate of drug-likeness (QED) is 0.176. The van der Waals surface area contributed by atoms with Crippen molar-refractivity contribution >= 4 is 103 Å². The van der Waals surface area contributed by atoms with Crippen molar-refractivity contribution in [1.29, 1.82) is 0 Å². The van der Waals surface area contributed by atoms with Crippen LogP contribution in [0.25, 0.3) is 86.1 Å². The summed E-state index contributed by atoms with van der Waals surface area (Å²) in [6.07, 6.45) is 3.12. The van der Waals surface area contributed by atoms with Gasteiger partial charge in [-0.2, -0.15) is 0 Å². The van der Waals surface area contributed by atoms with Crippen LogP contribution >= 0.6 is 11.3 Å². The van der Waals surface area contributed by atoms with E-state index in [1.807, 2.05) is 17.4 Å². The highest BCUT2D eigenvalue weighted by Crippen LogP contribution is 2.42. The largest absolute Gasteiger partial charge is 0.454 e. The molecule has 1 aliphatic rings. The minimum atomic E-state index is 0.150. The Morgan fingerprint density at radius 3 is 2.17 bits per heavy atom. The zero-order chi connectivity index (χ0) is 38.3. The van der Waals surface area contributed by atoms with Crippen LogP contribution in [0.2, 0.25) is 0 Å². The third-order valence-corrected chi connectivity index (χ3v) is 13.0. The first-order valence-electron chi connectivity index (χ1n) is 19.9. The van der Waals surface area contributed by atoms with Gasteiger partial charge in [-0.15, -0.1) is 11.3 Å². The Bertz CT molecular complexity index is 3560. The molecule has 11 aromatic rings. The van der Waals surface area contributed by atoms with E-state index in [9.17, 15) is 0 Å². The Hall–Kier alpha value is -7.08. The predicted molar refractivity (Wildman–Crippen MR) is 246 cm³/mol. The van der Waals surface area contributed by atoms with Gasteiger partial charge in [-0.3, -0.25) is 0 Å². The lowest BCUT2D eigenvalue weighted by molar-refractivity contribution is 0.666. The van der Waals surface area contributed by atoms with E-state index in [1.54, 1.807) is 0 Å². The second-order valence-corrected chi connectivity index (χ2v) is 16.4. The normalized spacial score (nSPS) is 17.7. The molecule has 274 valence electrons. The zero-order valence-corrected chi connectivity index (χ0v) is 32.5. The first-order chi connectivity index (χ1) is 28.7. The van der Waals surface area contributed by atoms with Gasteiger partial charge in [0.25, 0.3) is 0 Å². The van der Waals surface area contributed by atoms with E-state index in [1.165, 1.54) is 41.7 Å². The highest BCUT2D eigenvalue weighted by atomic mass is 32.1. The van der Waals surface area contributed by atoms with Crippen LogP contribution in [0.15, 0.2) is 190 Å². The minimum Gasteiger partial charge on any atom is -0.454 e. The van der Waals surface area contributed by atoms with Gasteiger partial charge in [-0.05, 0) is 77.4 Å². The van der Waals surface area contributed by atoms with Crippen LogP contribution in [-0.4, -0.2) is 16.1 Å². The number of hydrogen-bond donors (Lipinski definition) is 0. The van der Waals surface area contributed by atoms with Crippen molar-refractivity contribution in [1.82, 2.24) is 4.57 Å². The van der Waals surface area contributed by atoms with Gasteiger partial charge in [0.05, 0.1) is 28.1 Å². The number of nitrogens with zero attached hydrogens (tertiary/aromatic N) is 3. The summed E-state index contributed by atoms with van der Waals surface area (Å²) in [5.41, 5.74) is 9.95. The Kier molecular flexibility index (Phi) is 7.41. The van der Waals surface area contributed by atoms with Gasteiger partial charge in [0.1, 0.15) is 5.58 Å². The smallest absolute Gasteiger partial charge is 0.160 e. The van der Waals surface area contributed by atoms with Crippen LogP contribution in [0, 0.1) is 5.92 Å². The number of para-hydroxylation sites is 2. The molecular weight excluding hydrogens is 727 g/mol. The van der Waals surface area contributed by atoms with Gasteiger partial charge in [0.2, 0.25) is 0 Å². The molecule has 0 saturated carbocycles. The standard InChI is InChI=1S/C53H35N3OS/c1-32-23-26-43(36-24-28-49-42(30-36)38-18-9-12-22-48(38)58-49)54-53(55-51(32)33-13-3-2-4-14-33)40-25-27-45(52-50(40)39-19-8-11-21-47(39)57-52)56-44-20-10-7-17-37(44)41-29-34-15-5-6-16-35(34)31-46(41)56/h2-22,24-32H,23H2,1H3/b43-26+,54-53-,55-51+. The molecule has 0 amide bonds. The van der Waals surface area contributed by atoms with Crippen molar-refractivity contribution < 1.29 is 4.42 Å². The summed E-state index contributed by atoms with van der Waals surface area (Å²) < 4.78 is 11.9. The average molecular weight is 762 g/mol. The van der Waals surface area contributed by atoms with Crippen LogP contribution in [0.4, 0.5) is 0 Å². The Morgan fingerprint density at radius 2 is 1.29 bits per heavy atom. The molecule has 0 spiro atoms. The van der Waals surface area contributed by atoms with Crippen molar-refractivity contribution in [3.8, 4) is 5.69 Å². The number of fused-ring (bicyclic) bond motifs is 10. The van der Waals surface area contributed by atoms with Crippen LogP contribution < -0.4 is 0 Å². The van der Waals surface area contributed by atoms with E-state index in [-0.39, 0.29) is 5.92 Å². The maximum Gasteiger partial charge on any atom is 0.160 e. The van der Waals surface area contributed by atoms with Crippen LogP contribution in [0.5, 0.6) is 0 Å². The number of rotatable bonds is 4. The number of benzene rings is 8. The monoisotopic (exact) mass is 761 g/mol. The van der Waals surface area contributed by atoms with Gasteiger partial charge in [-0.25, -0.2) is 9.98 Å². The number of aromatic nitrogens is 1. The van der Waals surface area contributed by atoms with Gasteiger partial charge in [0.15, 0.2) is 11.4 Å². The summed E-state index contributed by atoms with van der Waals surface area (Å²) in [6, 6.07) is 60.7. The molecule has 58 heavy (non-hydrogen) atoms. The van der Waals surface area contributed by atoms with Crippen molar-refractivity contribution in [2.45, 2.75) is 13.3 Å². The number of thiophene rings is 1. The van der Waals surface area contributed by atoms with Gasteiger partial charge < -0.3 is 8.98 Å². The van der Waals surface area contributed by atoms with Crippen LogP contribution in [-0.2, 0) is 0 Å². The first-order valence-corrected chi connectivity index (χ1v) is 20.7. The lowest BCUT2D eigenvalue weighted by Gasteiger charge is -2.19. The molecular formula is C53H35N3OS. The fourth-order valence-electron chi connectivity index (χ4n) is 9.05. The van der Waals surface area contributed by atoms with E-state index in [0.29, 0.717) is 5.84 Å². The number of hydrogen-bond acceptors (Lipinski definition) is 4. The molecule has 4 nitrogen and oxygen atoms in total. The highest BCUT2D eigenvalue weighted by Gasteiger charge is 2.25. The number of furan rings is 1. The lowest BCUT2D eigenvalue weighted by Crippen LogP contribution is -2.17. The second kappa shape index (κ2) is 13.0. The molecule has 0 radical (unpaired) electrons. The van der Waals surface area contributed by atoms with Crippen LogP contribution in [0.3, 0.4) is 0 Å². The topological polar surface area (TPSA) is 42.8 Å². The number of aliphatic imine (C=N–C) groups is 2. The average Bonchev–Trinajstić information content (AvgIpc) is 3.94. The molecule has 0 N–H and O–H groups in total. The summed E-state index contributed by atoms with van der Waals surface area (Å²) in [4.78, 5) is 11.1. The molecule has 12 rings (SSSR count). The molecule has 1 atom stereocenters. The molecule has 8 aromatic carbocycles. The molecule has 1 aliphatic heterocycles. The third kappa shape index (κ3) is 5.13. The Balaban J connectivity index is 1.14. The predicted octanol–water partition coefficient (Wildman–Crippen LogP) is 14.5. The number of allylic oxidation sites excluding steroid dienone is 1. The fraction of sp³-hybridized carbons (Fsp3) is 0.0566. The van der Waals surface area contributed by atoms with Gasteiger partial charge >= 0.3 is 0 Å². The second-order valence-electron chi connectivity index (χ2n) is 15.3. The van der Waals surface area contributed by atoms with Gasteiger partial charge in [-0.1, -0.05) is 128 Å². The molecule has 3 aromatic heterocycles. The molecule has 0 bridgehead atoms. The summed E-state index contributed by atoms with van der Waals surface area (Å²) in [6.45, 7) is 2.27. The Labute approximate surface area is 338 Å². The van der Waals surface area contributed by atoms with E-state index in [4.69, 9.17) is 14.4 Å². The van der Waals surface area contributed by atoms with Crippen molar-refractivity contribution in [2.24, 2.45) is 15.9 Å². The molecule has 4 heterocycles. The highest BCUT2D eigenvalue weighted by molar-refractivity contribution is 7.25. The third-order valence-electron chi connectivity index (χ3n) is 11.9. The first kappa shape index (κ1) is 33.1. The van der Waals surface area contributed by atoms with E-state index < -0.39 is 0 Å². The SMILES string of the molecule is CC1C/C=C(c2ccc3sc4ccccc4c3c2)/N=C(c2ccc(-n3c4ccccc4c4cc5ccccc5cc43)c3oc4ccccc4c23)\N=C/1c1ccccc1. The Morgan fingerprint density at radius 1 is 0.569 bits per heavy atom. The molecule has 5 heteroatoms. The van der Waals surface area contributed by atoms with E-state index >= 15 is 0 Å². The van der Waals surface area contributed by atoms with Crippen molar-refractivity contribution in [2.75, 3.05) is 0 Å². The molecule has 0 aliphatic carbocycles. The van der Waals surface area contributed by atoms with Crippen molar-refractivity contribution in [3.05, 3.63) is 193 Å². The molecule has 1 unspecified atom stereocenters. The fourth-order valence-corrected chi connectivity index (χ4v) is 10.1. The lowest BCUT2D eigenvalue weighted by atomic mass is 9.93. The summed E-state index contributed by atoms with van der Waals surface area (Å²) in [5, 5.41) is 9.41. The molecule has 0 saturated heterocycles. The molecule has 0 fully saturated rings. The summed E-state index contributed by atoms with van der Waals surface area (Å²) >= 11 is 1.84. The maximum absolute atomic E-state index is 6.97. The summed E-state index contributed by atoms with van der Waals surface area (Å²) in [7, 11) is 0. The van der Waals surface area contributed by atoms with Crippen molar-refractivity contribution in [3.63, 3.8) is 0 Å². The van der Waals surface area contributed by atoms with E-state index in [2.05, 4.69) is 181 Å². The van der Waals surface area contributed by atoms with Crippen LogP contribution in [0.1, 0.15) is 30.0 Å². The maximum atomic E-state index is 6.97. The van der Waals surface area contributed by atoms with Gasteiger partial charge in [0, 0.05) is 58.8 Å². The zero-order valence-electron chi connectivity index (χ0n) is 31.7. The summed E-state index contributed by atoms with van der Waals surface area (Å²) in [5.74, 6) is 0.820. The number of amidine groups is 1. The minimum absolute atomic E-state index is 0.150.